The summed E-state index contributed by atoms with van der Waals surface area (Å²) in [5.74, 6) is 0.152. The van der Waals surface area contributed by atoms with E-state index in [0.717, 1.165) is 10.6 Å². The maximum atomic E-state index is 4.48. The lowest BCUT2D eigenvalue weighted by molar-refractivity contribution is 0.913. The number of hydrogen-bond donors (Lipinski definition) is 2. The van der Waals surface area contributed by atoms with E-state index in [1.807, 2.05) is 18.3 Å². The Hall–Kier alpha value is -2.00. The number of nitrogens with one attached hydrogen (secondary N) is 1. The highest BCUT2D eigenvalue weighted by Crippen LogP contribution is 2.34. The average molecular weight is 294 g/mol. The van der Waals surface area contributed by atoms with E-state index in [0.29, 0.717) is 0 Å². The van der Waals surface area contributed by atoms with Gasteiger partial charge in [0.25, 0.3) is 0 Å². The number of nitrogens with zero attached hydrogens (tertiary/aromatic N) is 1. The first-order chi connectivity index (χ1) is 10.2. The number of imidazole rings is 1. The second kappa shape index (κ2) is 5.78. The highest BCUT2D eigenvalue weighted by Gasteiger charge is 2.20. The number of aromatic nitrogens is 2. The van der Waals surface area contributed by atoms with Crippen LogP contribution in [0.25, 0.3) is 0 Å². The smallest absolute Gasteiger partial charge is 0.0922 e. The molecule has 1 heterocycles. The molecule has 106 valence electrons. The predicted molar refractivity (Wildman–Crippen MR) is 89.1 cm³/mol. The number of rotatable bonds is 3. The normalized spacial score (nSPS) is 12.3. The number of hydrogen-bond acceptors (Lipinski definition) is 2. The molecule has 21 heavy (non-hydrogen) atoms. The quantitative estimate of drug-likeness (QED) is 0.684. The Bertz CT molecular complexity index is 748. The lowest BCUT2D eigenvalue weighted by Gasteiger charge is -2.20. The van der Waals surface area contributed by atoms with E-state index in [4.69, 9.17) is 0 Å². The molecule has 2 aromatic carbocycles. The molecule has 3 rings (SSSR count). The number of H-pyrrole nitrogens is 1. The van der Waals surface area contributed by atoms with Gasteiger partial charge in [-0.2, -0.15) is 0 Å². The Morgan fingerprint density at radius 1 is 1.10 bits per heavy atom. The third kappa shape index (κ3) is 2.74. The summed E-state index contributed by atoms with van der Waals surface area (Å²) in [5.41, 5.74) is 6.25. The summed E-state index contributed by atoms with van der Waals surface area (Å²) in [5, 5.41) is 0. The fraction of sp³-hybridized carbons (Fsp3) is 0.167. The molecule has 3 aromatic rings. The third-order valence-corrected chi connectivity index (χ3v) is 4.27. The van der Waals surface area contributed by atoms with Crippen LogP contribution >= 0.6 is 12.6 Å². The molecular weight excluding hydrogens is 276 g/mol. The summed E-state index contributed by atoms with van der Waals surface area (Å²) in [6.45, 7) is 4.33. The van der Waals surface area contributed by atoms with Crippen molar-refractivity contribution in [3.05, 3.63) is 82.9 Å². The van der Waals surface area contributed by atoms with Gasteiger partial charge in [0.05, 0.1) is 12.2 Å². The van der Waals surface area contributed by atoms with Crippen LogP contribution in [0.4, 0.5) is 0 Å². The molecule has 0 spiro atoms. The zero-order chi connectivity index (χ0) is 14.8. The Morgan fingerprint density at radius 3 is 2.62 bits per heavy atom. The molecule has 0 aliphatic rings. The van der Waals surface area contributed by atoms with Crippen LogP contribution in [0.1, 0.15) is 33.9 Å². The number of aromatic amines is 1. The van der Waals surface area contributed by atoms with Gasteiger partial charge in [0.15, 0.2) is 0 Å². The van der Waals surface area contributed by atoms with Gasteiger partial charge in [-0.1, -0.05) is 30.3 Å². The fourth-order valence-electron chi connectivity index (χ4n) is 2.74. The van der Waals surface area contributed by atoms with Gasteiger partial charge in [0, 0.05) is 16.8 Å². The van der Waals surface area contributed by atoms with E-state index in [9.17, 15) is 0 Å². The van der Waals surface area contributed by atoms with Crippen molar-refractivity contribution in [2.45, 2.75) is 24.7 Å². The third-order valence-electron chi connectivity index (χ3n) is 3.99. The van der Waals surface area contributed by atoms with E-state index < -0.39 is 0 Å². The predicted octanol–water partition coefficient (Wildman–Crippen LogP) is 4.50. The van der Waals surface area contributed by atoms with Gasteiger partial charge in [-0.05, 0) is 48.2 Å². The fourth-order valence-corrected chi connectivity index (χ4v) is 2.98. The molecule has 0 aliphatic carbocycles. The van der Waals surface area contributed by atoms with Crippen LogP contribution in [0.15, 0.2) is 59.9 Å². The minimum atomic E-state index is 0.152. The van der Waals surface area contributed by atoms with Gasteiger partial charge in [0.1, 0.15) is 0 Å². The minimum absolute atomic E-state index is 0.152. The maximum Gasteiger partial charge on any atom is 0.0922 e. The average Bonchev–Trinajstić information content (AvgIpc) is 2.98. The molecule has 0 fully saturated rings. The zero-order valence-corrected chi connectivity index (χ0v) is 13.1. The van der Waals surface area contributed by atoms with Crippen LogP contribution in [0, 0.1) is 13.8 Å². The van der Waals surface area contributed by atoms with Crippen molar-refractivity contribution >= 4 is 12.6 Å². The van der Waals surface area contributed by atoms with Crippen molar-refractivity contribution in [2.24, 2.45) is 0 Å². The molecule has 1 N–H and O–H groups in total. The van der Waals surface area contributed by atoms with E-state index in [-0.39, 0.29) is 5.92 Å². The van der Waals surface area contributed by atoms with Crippen LogP contribution < -0.4 is 0 Å². The summed E-state index contributed by atoms with van der Waals surface area (Å²) in [7, 11) is 0. The minimum Gasteiger partial charge on any atom is -0.348 e. The molecule has 0 amide bonds. The topological polar surface area (TPSA) is 28.7 Å². The van der Waals surface area contributed by atoms with Gasteiger partial charge < -0.3 is 4.98 Å². The van der Waals surface area contributed by atoms with Gasteiger partial charge in [-0.3, -0.25) is 0 Å². The monoisotopic (exact) mass is 294 g/mol. The Labute approximate surface area is 130 Å². The van der Waals surface area contributed by atoms with Gasteiger partial charge in [-0.25, -0.2) is 4.98 Å². The summed E-state index contributed by atoms with van der Waals surface area (Å²) in [4.78, 5) is 8.43. The largest absolute Gasteiger partial charge is 0.348 e. The van der Waals surface area contributed by atoms with Crippen molar-refractivity contribution in [2.75, 3.05) is 0 Å². The SMILES string of the molecule is Cc1cccc(C(c2cccc(S)c2)c2cnc[nH]2)c1C. The number of benzene rings is 2. The summed E-state index contributed by atoms with van der Waals surface area (Å²) in [6, 6.07) is 14.8. The number of aryl methyl sites for hydroxylation is 1. The number of thiol groups is 1. The van der Waals surface area contributed by atoms with Crippen LogP contribution in [0.2, 0.25) is 0 Å². The molecule has 0 saturated carbocycles. The molecule has 1 unspecified atom stereocenters. The van der Waals surface area contributed by atoms with Crippen LogP contribution in [-0.4, -0.2) is 9.97 Å². The Morgan fingerprint density at radius 2 is 1.90 bits per heavy atom. The molecule has 2 nitrogen and oxygen atoms in total. The van der Waals surface area contributed by atoms with E-state index in [2.05, 4.69) is 66.8 Å². The van der Waals surface area contributed by atoms with Crippen LogP contribution in [0.3, 0.4) is 0 Å². The summed E-state index contributed by atoms with van der Waals surface area (Å²) < 4.78 is 0. The molecule has 0 saturated heterocycles. The zero-order valence-electron chi connectivity index (χ0n) is 12.2. The highest BCUT2D eigenvalue weighted by atomic mass is 32.1. The first kappa shape index (κ1) is 14.0. The van der Waals surface area contributed by atoms with E-state index in [1.54, 1.807) is 6.33 Å². The van der Waals surface area contributed by atoms with Crippen LogP contribution in [-0.2, 0) is 0 Å². The molecule has 1 aromatic heterocycles. The lowest BCUT2D eigenvalue weighted by atomic mass is 9.85. The highest BCUT2D eigenvalue weighted by molar-refractivity contribution is 7.80. The molecule has 0 aliphatic heterocycles. The standard InChI is InChI=1S/C18H18N2S/c1-12-5-3-8-16(13(12)2)18(17-10-19-11-20-17)14-6-4-7-15(21)9-14/h3-11,18,21H,1-2H3,(H,19,20). The van der Waals surface area contributed by atoms with Crippen LogP contribution in [0.5, 0.6) is 0 Å². The molecule has 3 heteroatoms. The van der Waals surface area contributed by atoms with E-state index in [1.165, 1.54) is 22.3 Å². The van der Waals surface area contributed by atoms with Crippen molar-refractivity contribution in [1.29, 1.82) is 0 Å². The van der Waals surface area contributed by atoms with Crippen molar-refractivity contribution in [3.8, 4) is 0 Å². The second-order valence-electron chi connectivity index (χ2n) is 5.32. The van der Waals surface area contributed by atoms with Crippen molar-refractivity contribution in [1.82, 2.24) is 9.97 Å². The van der Waals surface area contributed by atoms with Gasteiger partial charge in [-0.15, -0.1) is 12.6 Å². The molecule has 0 bridgehead atoms. The molecular formula is C18H18N2S. The first-order valence-corrected chi connectivity index (χ1v) is 7.45. The van der Waals surface area contributed by atoms with Gasteiger partial charge >= 0.3 is 0 Å². The van der Waals surface area contributed by atoms with Crippen molar-refractivity contribution < 1.29 is 0 Å². The molecule has 0 radical (unpaired) electrons. The summed E-state index contributed by atoms with van der Waals surface area (Å²) in [6.07, 6.45) is 3.63. The lowest BCUT2D eigenvalue weighted by Crippen LogP contribution is -2.06. The first-order valence-electron chi connectivity index (χ1n) is 7.00. The van der Waals surface area contributed by atoms with Crippen molar-refractivity contribution in [3.63, 3.8) is 0 Å². The molecule has 1 atom stereocenters. The summed E-state index contributed by atoms with van der Waals surface area (Å²) >= 11 is 4.48. The Balaban J connectivity index is 2.20. The second-order valence-corrected chi connectivity index (χ2v) is 5.84. The van der Waals surface area contributed by atoms with Gasteiger partial charge in [0.2, 0.25) is 0 Å². The van der Waals surface area contributed by atoms with E-state index >= 15 is 0 Å². The maximum absolute atomic E-state index is 4.48. The Kier molecular flexibility index (Phi) is 3.84.